The van der Waals surface area contributed by atoms with Gasteiger partial charge in [-0.1, -0.05) is 12.1 Å². The highest BCUT2D eigenvalue weighted by molar-refractivity contribution is 5.95. The van der Waals surface area contributed by atoms with E-state index in [9.17, 15) is 14.0 Å². The zero-order valence-corrected chi connectivity index (χ0v) is 15.4. The lowest BCUT2D eigenvalue weighted by atomic mass is 10.2. The molecule has 7 nitrogen and oxygen atoms in total. The van der Waals surface area contributed by atoms with Crippen molar-refractivity contribution in [2.45, 2.75) is 19.9 Å². The maximum atomic E-state index is 12.9. The number of benzene rings is 2. The number of hydrogen-bond acceptors (Lipinski definition) is 4. The van der Waals surface area contributed by atoms with Crippen LogP contribution in [0.15, 0.2) is 52.9 Å². The van der Waals surface area contributed by atoms with Gasteiger partial charge in [0.1, 0.15) is 11.6 Å². The van der Waals surface area contributed by atoms with E-state index >= 15 is 0 Å². The average Bonchev–Trinajstić information content (AvgIpc) is 3.12. The Labute approximate surface area is 160 Å². The monoisotopic (exact) mass is 385 g/mol. The van der Waals surface area contributed by atoms with E-state index in [1.54, 1.807) is 6.92 Å². The van der Waals surface area contributed by atoms with E-state index in [1.807, 2.05) is 31.2 Å². The van der Waals surface area contributed by atoms with E-state index in [1.165, 1.54) is 12.1 Å². The molecule has 0 radical (unpaired) electrons. The molecule has 1 heterocycles. The smallest absolute Gasteiger partial charge is 0.334 e. The van der Waals surface area contributed by atoms with Gasteiger partial charge in [-0.2, -0.15) is 0 Å². The highest BCUT2D eigenvalue weighted by Gasteiger charge is 2.16. The number of carbonyl (C=O) groups is 2. The Hall–Kier alpha value is -3.55. The first-order valence-electron chi connectivity index (χ1n) is 8.75. The molecular formula is C20H20FN3O4. The maximum Gasteiger partial charge on any atom is 0.334 e. The van der Waals surface area contributed by atoms with E-state index in [4.69, 9.17) is 9.15 Å². The summed E-state index contributed by atoms with van der Waals surface area (Å²) in [5, 5.41) is 3.53. The van der Waals surface area contributed by atoms with Crippen LogP contribution in [0.5, 0.6) is 5.75 Å². The van der Waals surface area contributed by atoms with Crippen molar-refractivity contribution in [2.24, 2.45) is 0 Å². The van der Waals surface area contributed by atoms with Gasteiger partial charge in [0, 0.05) is 10.9 Å². The van der Waals surface area contributed by atoms with Gasteiger partial charge in [0.15, 0.2) is 11.3 Å². The van der Waals surface area contributed by atoms with E-state index in [2.05, 4.69) is 16.2 Å². The zero-order valence-electron chi connectivity index (χ0n) is 15.4. The van der Waals surface area contributed by atoms with Gasteiger partial charge in [0.2, 0.25) is 0 Å². The number of hydrazine groups is 1. The van der Waals surface area contributed by atoms with Crippen molar-refractivity contribution >= 4 is 22.9 Å². The van der Waals surface area contributed by atoms with E-state index < -0.39 is 23.8 Å². The van der Waals surface area contributed by atoms with Gasteiger partial charge < -0.3 is 14.5 Å². The molecule has 3 amide bonds. The van der Waals surface area contributed by atoms with Crippen LogP contribution < -0.4 is 20.9 Å². The highest BCUT2D eigenvalue weighted by atomic mass is 19.1. The first-order valence-corrected chi connectivity index (χ1v) is 8.75. The Bertz CT molecular complexity index is 985. The molecular weight excluding hydrogens is 365 g/mol. The Kier molecular flexibility index (Phi) is 5.78. The van der Waals surface area contributed by atoms with Crippen LogP contribution >= 0.6 is 0 Å². The number of rotatable bonds is 5. The van der Waals surface area contributed by atoms with E-state index in [-0.39, 0.29) is 5.56 Å². The minimum absolute atomic E-state index is 0.218. The Balaban J connectivity index is 1.59. The number of ether oxygens (including phenoxy) is 1. The summed E-state index contributed by atoms with van der Waals surface area (Å²) in [6.07, 6.45) is 0. The van der Waals surface area contributed by atoms with Crippen molar-refractivity contribution in [3.05, 3.63) is 65.7 Å². The van der Waals surface area contributed by atoms with Crippen LogP contribution in [0.2, 0.25) is 0 Å². The molecule has 0 aliphatic rings. The molecule has 0 saturated carbocycles. The van der Waals surface area contributed by atoms with Crippen LogP contribution in [0.4, 0.5) is 9.18 Å². The third-order valence-corrected chi connectivity index (χ3v) is 4.00. The van der Waals surface area contributed by atoms with Crippen molar-refractivity contribution < 1.29 is 23.1 Å². The Morgan fingerprint density at radius 2 is 1.89 bits per heavy atom. The summed E-state index contributed by atoms with van der Waals surface area (Å²) < 4.78 is 24.3. The minimum Gasteiger partial charge on any atom is -0.490 e. The second kappa shape index (κ2) is 8.43. The molecule has 146 valence electrons. The largest absolute Gasteiger partial charge is 0.490 e. The van der Waals surface area contributed by atoms with Gasteiger partial charge in [-0.15, -0.1) is 0 Å². The zero-order chi connectivity index (χ0) is 20.1. The van der Waals surface area contributed by atoms with Crippen molar-refractivity contribution in [3.8, 4) is 5.75 Å². The molecule has 3 N–H and O–H groups in total. The number of urea groups is 1. The van der Waals surface area contributed by atoms with Crippen LogP contribution in [0.1, 0.15) is 36.0 Å². The van der Waals surface area contributed by atoms with Crippen molar-refractivity contribution in [1.82, 2.24) is 16.2 Å². The summed E-state index contributed by atoms with van der Waals surface area (Å²) in [7, 11) is 0. The first-order chi connectivity index (χ1) is 13.5. The summed E-state index contributed by atoms with van der Waals surface area (Å²) >= 11 is 0. The first kappa shape index (κ1) is 19.2. The molecule has 0 fully saturated rings. The number of fused-ring (bicyclic) bond motifs is 1. The summed E-state index contributed by atoms with van der Waals surface area (Å²) in [5.41, 5.74) is 5.33. The SMILES string of the molecule is CCOc1cccc2cc([C@H](C)NC(=O)NNC(=O)c3ccc(F)cc3)oc12. The second-order valence-corrected chi connectivity index (χ2v) is 6.04. The van der Waals surface area contributed by atoms with Crippen LogP contribution in [0.25, 0.3) is 11.0 Å². The standard InChI is InChI=1S/C20H20FN3O4/c1-3-27-16-6-4-5-14-11-17(28-18(14)16)12(2)22-20(26)24-23-19(25)13-7-9-15(21)10-8-13/h4-12H,3H2,1-2H3,(H,23,25)(H2,22,24,26)/t12-/m0/s1. The molecule has 1 atom stereocenters. The highest BCUT2D eigenvalue weighted by Crippen LogP contribution is 2.31. The van der Waals surface area contributed by atoms with Crippen molar-refractivity contribution in [3.63, 3.8) is 0 Å². The van der Waals surface area contributed by atoms with Crippen molar-refractivity contribution in [1.29, 1.82) is 0 Å². The van der Waals surface area contributed by atoms with Crippen LogP contribution in [0.3, 0.4) is 0 Å². The summed E-state index contributed by atoms with van der Waals surface area (Å²) in [6.45, 7) is 4.15. The van der Waals surface area contributed by atoms with Gasteiger partial charge in [-0.3, -0.25) is 10.2 Å². The molecule has 8 heteroatoms. The van der Waals surface area contributed by atoms with Crippen molar-refractivity contribution in [2.75, 3.05) is 6.61 Å². The molecule has 2 aromatic carbocycles. The molecule has 0 spiro atoms. The lowest BCUT2D eigenvalue weighted by Crippen LogP contribution is -2.47. The lowest BCUT2D eigenvalue weighted by molar-refractivity contribution is 0.0935. The van der Waals surface area contributed by atoms with Crippen LogP contribution in [-0.4, -0.2) is 18.5 Å². The third kappa shape index (κ3) is 4.40. The fraction of sp³-hybridized carbons (Fsp3) is 0.200. The van der Waals surface area contributed by atoms with Crippen LogP contribution in [0, 0.1) is 5.82 Å². The normalized spacial score (nSPS) is 11.7. The quantitative estimate of drug-likeness (QED) is 0.584. The van der Waals surface area contributed by atoms with E-state index in [0.29, 0.717) is 23.7 Å². The fourth-order valence-electron chi connectivity index (χ4n) is 2.63. The fourth-order valence-corrected chi connectivity index (χ4v) is 2.63. The maximum absolute atomic E-state index is 12.9. The molecule has 28 heavy (non-hydrogen) atoms. The predicted octanol–water partition coefficient (Wildman–Crippen LogP) is 3.68. The van der Waals surface area contributed by atoms with Gasteiger partial charge in [0.05, 0.1) is 12.6 Å². The minimum atomic E-state index is -0.617. The van der Waals surface area contributed by atoms with Gasteiger partial charge in [-0.05, 0) is 50.2 Å². The molecule has 0 aliphatic carbocycles. The molecule has 0 unspecified atom stereocenters. The number of para-hydroxylation sites is 1. The Morgan fingerprint density at radius 1 is 1.14 bits per heavy atom. The average molecular weight is 385 g/mol. The summed E-state index contributed by atoms with van der Waals surface area (Å²) in [4.78, 5) is 24.0. The third-order valence-electron chi connectivity index (χ3n) is 4.00. The topological polar surface area (TPSA) is 92.6 Å². The number of carbonyl (C=O) groups excluding carboxylic acids is 2. The molecule has 3 rings (SSSR count). The van der Waals surface area contributed by atoms with Gasteiger partial charge >= 0.3 is 6.03 Å². The van der Waals surface area contributed by atoms with Crippen LogP contribution in [-0.2, 0) is 0 Å². The molecule has 0 aliphatic heterocycles. The number of hydrogen-bond donors (Lipinski definition) is 3. The van der Waals surface area contributed by atoms with Gasteiger partial charge in [0.25, 0.3) is 5.91 Å². The number of halogens is 1. The predicted molar refractivity (Wildman–Crippen MR) is 101 cm³/mol. The number of furan rings is 1. The van der Waals surface area contributed by atoms with Gasteiger partial charge in [-0.25, -0.2) is 14.6 Å². The molecule has 3 aromatic rings. The summed E-state index contributed by atoms with van der Waals surface area (Å²) in [5.74, 6) is 0.166. The summed E-state index contributed by atoms with van der Waals surface area (Å²) in [6, 6.07) is 11.3. The second-order valence-electron chi connectivity index (χ2n) is 6.04. The Morgan fingerprint density at radius 3 is 2.61 bits per heavy atom. The lowest BCUT2D eigenvalue weighted by Gasteiger charge is -2.13. The molecule has 0 saturated heterocycles. The van der Waals surface area contributed by atoms with E-state index in [0.717, 1.165) is 17.5 Å². The number of nitrogens with one attached hydrogen (secondary N) is 3. The molecule has 0 bridgehead atoms. The number of amides is 3. The molecule has 1 aromatic heterocycles.